The predicted octanol–water partition coefficient (Wildman–Crippen LogP) is 4.80. The molecule has 5 heteroatoms. The van der Waals surface area contributed by atoms with Crippen LogP contribution in [0.3, 0.4) is 0 Å². The Morgan fingerprint density at radius 3 is 2.41 bits per heavy atom. The summed E-state index contributed by atoms with van der Waals surface area (Å²) in [5.41, 5.74) is 3.35. The molecular weight excluding hydrogens is 400 g/mol. The summed E-state index contributed by atoms with van der Waals surface area (Å²) in [4.78, 5) is 27.9. The molecule has 2 amide bonds. The molecule has 2 aromatic rings. The fourth-order valence-corrected chi connectivity index (χ4v) is 4.17. The van der Waals surface area contributed by atoms with Crippen molar-refractivity contribution in [3.8, 4) is 5.75 Å². The topological polar surface area (TPSA) is 58.6 Å². The van der Waals surface area contributed by atoms with Crippen LogP contribution in [-0.2, 0) is 22.6 Å². The van der Waals surface area contributed by atoms with Gasteiger partial charge >= 0.3 is 0 Å². The number of benzene rings is 2. The number of carbonyl (C=O) groups excluding carboxylic acids is 2. The van der Waals surface area contributed by atoms with E-state index < -0.39 is 6.04 Å². The highest BCUT2D eigenvalue weighted by atomic mass is 16.5. The number of nitrogens with zero attached hydrogens (tertiary/aromatic N) is 1. The third kappa shape index (κ3) is 6.59. The largest absolute Gasteiger partial charge is 0.484 e. The Balaban J connectivity index is 1.70. The van der Waals surface area contributed by atoms with E-state index in [4.69, 9.17) is 4.74 Å². The van der Waals surface area contributed by atoms with Crippen LogP contribution in [0.15, 0.2) is 48.5 Å². The Bertz CT molecular complexity index is 888. The number of hydrogen-bond donors (Lipinski definition) is 1. The average Bonchev–Trinajstić information content (AvgIpc) is 2.82. The first kappa shape index (κ1) is 23.8. The molecule has 5 nitrogen and oxygen atoms in total. The molecule has 0 bridgehead atoms. The lowest BCUT2D eigenvalue weighted by Gasteiger charge is -2.31. The number of nitrogens with one attached hydrogen (secondary N) is 1. The van der Waals surface area contributed by atoms with Crippen molar-refractivity contribution < 1.29 is 14.3 Å². The van der Waals surface area contributed by atoms with E-state index in [0.717, 1.165) is 43.2 Å². The lowest BCUT2D eigenvalue weighted by molar-refractivity contribution is -0.142. The van der Waals surface area contributed by atoms with E-state index in [-0.39, 0.29) is 24.5 Å². The summed E-state index contributed by atoms with van der Waals surface area (Å²) in [6.45, 7) is 6.21. The monoisotopic (exact) mass is 436 g/mol. The first-order chi connectivity index (χ1) is 15.5. The van der Waals surface area contributed by atoms with Crippen molar-refractivity contribution in [3.63, 3.8) is 0 Å². The second-order valence-corrected chi connectivity index (χ2v) is 8.75. The van der Waals surface area contributed by atoms with Gasteiger partial charge in [0.1, 0.15) is 11.8 Å². The Morgan fingerprint density at radius 1 is 1.06 bits per heavy atom. The third-order valence-electron chi connectivity index (χ3n) is 6.41. The van der Waals surface area contributed by atoms with Gasteiger partial charge in [0.15, 0.2) is 6.61 Å². The van der Waals surface area contributed by atoms with Gasteiger partial charge in [-0.25, -0.2) is 0 Å². The minimum Gasteiger partial charge on any atom is -0.484 e. The molecule has 0 radical (unpaired) electrons. The van der Waals surface area contributed by atoms with Gasteiger partial charge in [0.2, 0.25) is 5.91 Å². The minimum atomic E-state index is -0.574. The first-order valence-corrected chi connectivity index (χ1v) is 11.8. The van der Waals surface area contributed by atoms with Gasteiger partial charge in [0.05, 0.1) is 0 Å². The molecule has 1 unspecified atom stereocenters. The maximum atomic E-state index is 13.2. The zero-order valence-electron chi connectivity index (χ0n) is 19.6. The minimum absolute atomic E-state index is 0.0915. The molecule has 0 heterocycles. The van der Waals surface area contributed by atoms with E-state index in [1.807, 2.05) is 62.4 Å². The van der Waals surface area contributed by atoms with Crippen LogP contribution in [0.1, 0.15) is 62.6 Å². The van der Waals surface area contributed by atoms with E-state index in [1.165, 1.54) is 12.0 Å². The van der Waals surface area contributed by atoms with E-state index >= 15 is 0 Å². The van der Waals surface area contributed by atoms with Crippen molar-refractivity contribution in [3.05, 3.63) is 65.2 Å². The molecule has 0 aliphatic heterocycles. The second-order valence-electron chi connectivity index (χ2n) is 8.75. The smallest absolute Gasteiger partial charge is 0.261 e. The highest BCUT2D eigenvalue weighted by Crippen LogP contribution is 2.19. The number of aryl methyl sites for hydroxylation is 2. The summed E-state index contributed by atoms with van der Waals surface area (Å²) in [5.74, 6) is 0.371. The quantitative estimate of drug-likeness (QED) is 0.614. The van der Waals surface area contributed by atoms with E-state index in [0.29, 0.717) is 12.3 Å². The van der Waals surface area contributed by atoms with Gasteiger partial charge in [0.25, 0.3) is 5.91 Å². The second kappa shape index (κ2) is 11.7. The Morgan fingerprint density at radius 2 is 1.75 bits per heavy atom. The zero-order chi connectivity index (χ0) is 22.9. The SMILES string of the molecule is CCc1ccc(OCC(=O)N(Cc2ccccc2C)C(C)C(=O)NC2CCCCC2)cc1. The maximum absolute atomic E-state index is 13.2. The number of hydrogen-bond acceptors (Lipinski definition) is 3. The first-order valence-electron chi connectivity index (χ1n) is 11.8. The summed E-state index contributed by atoms with van der Waals surface area (Å²) in [6.07, 6.45) is 6.52. The number of carbonyl (C=O) groups is 2. The van der Waals surface area contributed by atoms with Crippen LogP contribution >= 0.6 is 0 Å². The fourth-order valence-electron chi connectivity index (χ4n) is 4.17. The lowest BCUT2D eigenvalue weighted by atomic mass is 9.95. The van der Waals surface area contributed by atoms with Crippen molar-refractivity contribution >= 4 is 11.8 Å². The molecule has 3 rings (SSSR count). The Kier molecular flexibility index (Phi) is 8.72. The van der Waals surface area contributed by atoms with Crippen molar-refractivity contribution in [2.75, 3.05) is 6.61 Å². The van der Waals surface area contributed by atoms with Crippen molar-refractivity contribution in [1.29, 1.82) is 0 Å². The zero-order valence-corrected chi connectivity index (χ0v) is 19.6. The highest BCUT2D eigenvalue weighted by molar-refractivity contribution is 5.88. The van der Waals surface area contributed by atoms with E-state index in [1.54, 1.807) is 4.90 Å². The number of amides is 2. The third-order valence-corrected chi connectivity index (χ3v) is 6.41. The maximum Gasteiger partial charge on any atom is 0.261 e. The molecule has 1 aliphatic rings. The standard InChI is InChI=1S/C27H36N2O3/c1-4-22-14-16-25(17-15-22)32-19-26(30)29(18-23-11-9-8-10-20(23)2)21(3)27(31)28-24-12-6-5-7-13-24/h8-11,14-17,21,24H,4-7,12-13,18-19H2,1-3H3,(H,28,31). The molecule has 0 spiro atoms. The van der Waals surface area contributed by atoms with Gasteiger partial charge in [-0.3, -0.25) is 9.59 Å². The summed E-state index contributed by atoms with van der Waals surface area (Å²) < 4.78 is 5.77. The van der Waals surface area contributed by atoms with Gasteiger partial charge in [-0.05, 0) is 61.9 Å². The van der Waals surface area contributed by atoms with Gasteiger partial charge in [0, 0.05) is 12.6 Å². The average molecular weight is 437 g/mol. The van der Waals surface area contributed by atoms with E-state index in [9.17, 15) is 9.59 Å². The van der Waals surface area contributed by atoms with E-state index in [2.05, 4.69) is 12.2 Å². The normalized spacial score (nSPS) is 15.1. The number of rotatable bonds is 9. The molecule has 0 saturated heterocycles. The molecule has 172 valence electrons. The molecule has 2 aromatic carbocycles. The molecule has 1 atom stereocenters. The van der Waals surface area contributed by atoms with Crippen molar-refractivity contribution in [2.45, 2.75) is 77.9 Å². The van der Waals surface area contributed by atoms with Crippen LogP contribution < -0.4 is 10.1 Å². The van der Waals surface area contributed by atoms with Crippen LogP contribution in [0.5, 0.6) is 5.75 Å². The molecule has 1 saturated carbocycles. The van der Waals surface area contributed by atoms with Crippen LogP contribution in [0, 0.1) is 6.92 Å². The molecular formula is C27H36N2O3. The van der Waals surface area contributed by atoms with Gasteiger partial charge in [-0.1, -0.05) is 62.6 Å². The van der Waals surface area contributed by atoms with Crippen LogP contribution in [-0.4, -0.2) is 35.4 Å². The summed E-state index contributed by atoms with van der Waals surface area (Å²) in [6, 6.07) is 15.4. The van der Waals surface area contributed by atoms with Crippen molar-refractivity contribution in [1.82, 2.24) is 10.2 Å². The lowest BCUT2D eigenvalue weighted by Crippen LogP contribution is -2.51. The molecule has 1 aliphatic carbocycles. The predicted molar refractivity (Wildman–Crippen MR) is 128 cm³/mol. The number of ether oxygens (including phenoxy) is 1. The Labute approximate surface area is 192 Å². The van der Waals surface area contributed by atoms with Gasteiger partial charge < -0.3 is 15.0 Å². The highest BCUT2D eigenvalue weighted by Gasteiger charge is 2.28. The molecule has 32 heavy (non-hydrogen) atoms. The molecule has 0 aromatic heterocycles. The van der Waals surface area contributed by atoms with Crippen LogP contribution in [0.4, 0.5) is 0 Å². The van der Waals surface area contributed by atoms with Crippen LogP contribution in [0.2, 0.25) is 0 Å². The van der Waals surface area contributed by atoms with Crippen LogP contribution in [0.25, 0.3) is 0 Å². The molecule has 1 fully saturated rings. The Hall–Kier alpha value is -2.82. The molecule has 1 N–H and O–H groups in total. The summed E-state index contributed by atoms with van der Waals surface area (Å²) in [5, 5.41) is 3.17. The summed E-state index contributed by atoms with van der Waals surface area (Å²) in [7, 11) is 0. The van der Waals surface area contributed by atoms with Crippen molar-refractivity contribution in [2.24, 2.45) is 0 Å². The summed E-state index contributed by atoms with van der Waals surface area (Å²) >= 11 is 0. The van der Waals surface area contributed by atoms with Gasteiger partial charge in [-0.2, -0.15) is 0 Å². The fraction of sp³-hybridized carbons (Fsp3) is 0.481. The van der Waals surface area contributed by atoms with Gasteiger partial charge in [-0.15, -0.1) is 0 Å².